The van der Waals surface area contributed by atoms with Gasteiger partial charge in [0.1, 0.15) is 0 Å². The van der Waals surface area contributed by atoms with Crippen LogP contribution in [0.1, 0.15) is 27.2 Å². The Morgan fingerprint density at radius 3 is 2.55 bits per heavy atom. The number of carbonyl (C=O) groups excluding carboxylic acids is 1. The number of sulfonamides is 1. The van der Waals surface area contributed by atoms with Crippen molar-refractivity contribution in [3.63, 3.8) is 0 Å². The molecule has 0 aliphatic rings. The summed E-state index contributed by atoms with van der Waals surface area (Å²) in [5.74, 6) is -0.517. The van der Waals surface area contributed by atoms with E-state index in [1.165, 1.54) is 0 Å². The van der Waals surface area contributed by atoms with Gasteiger partial charge in [0.25, 0.3) is 10.0 Å². The van der Waals surface area contributed by atoms with Crippen LogP contribution in [-0.4, -0.2) is 19.3 Å². The number of nitrogens with one attached hydrogen (secondary N) is 1. The SMILES string of the molecule is CC(C)(C)CC(=O)NS(=O)(=O)c1nc2ccccc2s1. The number of benzene rings is 1. The number of aromatic nitrogens is 1. The van der Waals surface area contributed by atoms with Gasteiger partial charge in [0.15, 0.2) is 0 Å². The molecule has 0 spiro atoms. The van der Waals surface area contributed by atoms with Gasteiger partial charge in [-0.25, -0.2) is 9.71 Å². The Morgan fingerprint density at radius 2 is 1.95 bits per heavy atom. The molecule has 1 heterocycles. The molecule has 0 saturated carbocycles. The molecule has 5 nitrogen and oxygen atoms in total. The van der Waals surface area contributed by atoms with Gasteiger partial charge in [0.2, 0.25) is 10.2 Å². The highest BCUT2D eigenvalue weighted by Crippen LogP contribution is 2.25. The van der Waals surface area contributed by atoms with Gasteiger partial charge >= 0.3 is 0 Å². The minimum Gasteiger partial charge on any atom is -0.274 e. The predicted molar refractivity (Wildman–Crippen MR) is 79.0 cm³/mol. The first-order valence-corrected chi connectivity index (χ1v) is 8.39. The van der Waals surface area contributed by atoms with E-state index >= 15 is 0 Å². The van der Waals surface area contributed by atoms with Crippen LogP contribution >= 0.6 is 11.3 Å². The molecule has 0 saturated heterocycles. The number of amides is 1. The van der Waals surface area contributed by atoms with Crippen LogP contribution < -0.4 is 4.72 Å². The molecular weight excluding hydrogens is 296 g/mol. The first kappa shape index (κ1) is 14.9. The molecule has 1 N–H and O–H groups in total. The average Bonchev–Trinajstić information content (AvgIpc) is 2.69. The van der Waals surface area contributed by atoms with Crippen LogP contribution in [-0.2, 0) is 14.8 Å². The van der Waals surface area contributed by atoms with Crippen LogP contribution in [0.3, 0.4) is 0 Å². The molecule has 2 rings (SSSR count). The van der Waals surface area contributed by atoms with Gasteiger partial charge in [0, 0.05) is 6.42 Å². The molecule has 0 fully saturated rings. The number of nitrogens with zero attached hydrogens (tertiary/aromatic N) is 1. The fourth-order valence-corrected chi connectivity index (χ4v) is 3.89. The number of fused-ring (bicyclic) bond motifs is 1. The van der Waals surface area contributed by atoms with Crippen LogP contribution in [0.4, 0.5) is 0 Å². The largest absolute Gasteiger partial charge is 0.291 e. The second-order valence-corrected chi connectivity index (χ2v) is 8.60. The zero-order chi connectivity index (χ0) is 15.0. The van der Waals surface area contributed by atoms with E-state index < -0.39 is 15.9 Å². The van der Waals surface area contributed by atoms with E-state index in [1.54, 1.807) is 18.2 Å². The molecule has 0 aliphatic carbocycles. The highest BCUT2D eigenvalue weighted by molar-refractivity contribution is 7.92. The summed E-state index contributed by atoms with van der Waals surface area (Å²) in [6.45, 7) is 5.62. The van der Waals surface area contributed by atoms with Gasteiger partial charge in [-0.1, -0.05) is 32.9 Å². The van der Waals surface area contributed by atoms with Crippen LogP contribution in [0, 0.1) is 5.41 Å². The number of rotatable bonds is 3. The number of para-hydroxylation sites is 1. The quantitative estimate of drug-likeness (QED) is 0.945. The Morgan fingerprint density at radius 1 is 1.30 bits per heavy atom. The Labute approximate surface area is 122 Å². The third-order valence-corrected chi connectivity index (χ3v) is 5.23. The maximum absolute atomic E-state index is 12.1. The van der Waals surface area contributed by atoms with E-state index in [0.717, 1.165) is 16.0 Å². The molecule has 0 bridgehead atoms. The lowest BCUT2D eigenvalue weighted by Gasteiger charge is -2.16. The molecule has 7 heteroatoms. The molecule has 0 atom stereocenters. The summed E-state index contributed by atoms with van der Waals surface area (Å²) < 4.78 is 27.0. The summed E-state index contributed by atoms with van der Waals surface area (Å²) in [7, 11) is -3.89. The summed E-state index contributed by atoms with van der Waals surface area (Å²) in [4.78, 5) is 15.8. The van der Waals surface area contributed by atoms with Crippen molar-refractivity contribution in [1.29, 1.82) is 0 Å². The van der Waals surface area contributed by atoms with Crippen LogP contribution in [0.2, 0.25) is 0 Å². The minimum atomic E-state index is -3.89. The molecule has 108 valence electrons. The predicted octanol–water partition coefficient (Wildman–Crippen LogP) is 2.54. The lowest BCUT2D eigenvalue weighted by atomic mass is 9.92. The van der Waals surface area contributed by atoms with Crippen molar-refractivity contribution in [1.82, 2.24) is 9.71 Å². The van der Waals surface area contributed by atoms with E-state index in [9.17, 15) is 13.2 Å². The van der Waals surface area contributed by atoms with Crippen molar-refractivity contribution in [2.75, 3.05) is 0 Å². The van der Waals surface area contributed by atoms with Crippen LogP contribution in [0.5, 0.6) is 0 Å². The number of hydrogen-bond donors (Lipinski definition) is 1. The molecule has 20 heavy (non-hydrogen) atoms. The zero-order valence-electron chi connectivity index (χ0n) is 11.5. The Bertz CT molecular complexity index is 709. The fourth-order valence-electron chi connectivity index (χ4n) is 1.68. The van der Waals surface area contributed by atoms with E-state index in [2.05, 4.69) is 9.71 Å². The zero-order valence-corrected chi connectivity index (χ0v) is 13.1. The van der Waals surface area contributed by atoms with Gasteiger partial charge in [-0.15, -0.1) is 11.3 Å². The summed E-state index contributed by atoms with van der Waals surface area (Å²) in [5, 5.41) is 0. The normalized spacial score (nSPS) is 12.6. The van der Waals surface area contributed by atoms with E-state index in [-0.39, 0.29) is 16.2 Å². The topological polar surface area (TPSA) is 76.1 Å². The fraction of sp³-hybridized carbons (Fsp3) is 0.385. The summed E-state index contributed by atoms with van der Waals surface area (Å²) in [6, 6.07) is 7.14. The minimum absolute atomic E-state index is 0.0824. The van der Waals surface area contributed by atoms with E-state index in [1.807, 2.05) is 26.8 Å². The number of carbonyl (C=O) groups is 1. The Balaban J connectivity index is 2.24. The van der Waals surface area contributed by atoms with Gasteiger partial charge in [-0.2, -0.15) is 8.42 Å². The number of hydrogen-bond acceptors (Lipinski definition) is 5. The number of thiazole rings is 1. The van der Waals surface area contributed by atoms with Crippen LogP contribution in [0.25, 0.3) is 10.2 Å². The smallest absolute Gasteiger partial charge is 0.274 e. The highest BCUT2D eigenvalue weighted by atomic mass is 32.2. The summed E-state index contributed by atoms with van der Waals surface area (Å²) in [5.41, 5.74) is 0.342. The Hall–Kier alpha value is -1.47. The third kappa shape index (κ3) is 3.55. The highest BCUT2D eigenvalue weighted by Gasteiger charge is 2.24. The van der Waals surface area contributed by atoms with Crippen molar-refractivity contribution in [3.8, 4) is 0 Å². The second kappa shape index (κ2) is 5.14. The molecule has 1 aromatic heterocycles. The molecular formula is C13H16N2O3S2. The molecule has 1 aromatic carbocycles. The molecule has 0 aliphatic heterocycles. The standard InChI is InChI=1S/C13H16N2O3S2/c1-13(2,3)8-11(16)15-20(17,18)12-14-9-6-4-5-7-10(9)19-12/h4-7H,8H2,1-3H3,(H,15,16). The average molecular weight is 312 g/mol. The van der Waals surface area contributed by atoms with Crippen molar-refractivity contribution in [3.05, 3.63) is 24.3 Å². The molecule has 1 amide bonds. The second-order valence-electron chi connectivity index (χ2n) is 5.71. The van der Waals surface area contributed by atoms with Crippen LogP contribution in [0.15, 0.2) is 28.6 Å². The van der Waals surface area contributed by atoms with Crippen molar-refractivity contribution in [2.24, 2.45) is 5.41 Å². The molecule has 0 unspecified atom stereocenters. The van der Waals surface area contributed by atoms with Crippen molar-refractivity contribution >= 4 is 37.5 Å². The lowest BCUT2D eigenvalue weighted by Crippen LogP contribution is -2.33. The molecule has 2 aromatic rings. The monoisotopic (exact) mass is 312 g/mol. The Kier molecular flexibility index (Phi) is 3.84. The maximum atomic E-state index is 12.1. The van der Waals surface area contributed by atoms with E-state index in [4.69, 9.17) is 0 Å². The van der Waals surface area contributed by atoms with Crippen molar-refractivity contribution < 1.29 is 13.2 Å². The summed E-state index contributed by atoms with van der Waals surface area (Å²) in [6.07, 6.45) is 0.136. The first-order valence-electron chi connectivity index (χ1n) is 6.09. The lowest BCUT2D eigenvalue weighted by molar-refractivity contribution is -0.121. The first-order chi connectivity index (χ1) is 9.17. The van der Waals surface area contributed by atoms with E-state index in [0.29, 0.717) is 5.52 Å². The van der Waals surface area contributed by atoms with Crippen molar-refractivity contribution in [2.45, 2.75) is 31.5 Å². The van der Waals surface area contributed by atoms with Gasteiger partial charge in [-0.3, -0.25) is 4.79 Å². The van der Waals surface area contributed by atoms with Gasteiger partial charge in [-0.05, 0) is 17.5 Å². The summed E-state index contributed by atoms with van der Waals surface area (Å²) >= 11 is 1.05. The third-order valence-electron chi connectivity index (χ3n) is 2.44. The van der Waals surface area contributed by atoms with Gasteiger partial charge < -0.3 is 0 Å². The maximum Gasteiger partial charge on any atom is 0.291 e. The van der Waals surface area contributed by atoms with Gasteiger partial charge in [0.05, 0.1) is 10.2 Å². The molecule has 0 radical (unpaired) electrons.